The van der Waals surface area contributed by atoms with Gasteiger partial charge in [-0.05, 0) is 42.5 Å². The lowest BCUT2D eigenvalue weighted by atomic mass is 10.1. The molecule has 1 saturated heterocycles. The summed E-state index contributed by atoms with van der Waals surface area (Å²) in [5, 5.41) is 11.2. The van der Waals surface area contributed by atoms with Crippen LogP contribution in [0.1, 0.15) is 5.56 Å². The van der Waals surface area contributed by atoms with Crippen molar-refractivity contribution in [1.29, 1.82) is 0 Å². The molecule has 0 aliphatic carbocycles. The van der Waals surface area contributed by atoms with E-state index in [4.69, 9.17) is 21.4 Å². The topological polar surface area (TPSA) is 113 Å². The van der Waals surface area contributed by atoms with Gasteiger partial charge in [-0.3, -0.25) is 14.9 Å². The molecule has 0 atom stereocenters. The second-order valence-corrected chi connectivity index (χ2v) is 7.15. The molecule has 3 rings (SSSR count). The molecule has 2 aromatic carbocycles. The van der Waals surface area contributed by atoms with Crippen LogP contribution >= 0.6 is 27.5 Å². The van der Waals surface area contributed by atoms with Crippen molar-refractivity contribution in [3.8, 4) is 5.75 Å². The lowest BCUT2D eigenvalue weighted by Gasteiger charge is -2.26. The molecule has 0 aromatic heterocycles. The monoisotopic (exact) mass is 478 g/mol. The quantitative estimate of drug-likeness (QED) is 0.503. The molecule has 1 aliphatic heterocycles. The second-order valence-electron chi connectivity index (χ2n) is 5.80. The number of carbonyl (C=O) groups excluding carboxylic acids is 3. The van der Waals surface area contributed by atoms with E-state index in [2.05, 4.69) is 21.2 Å². The summed E-state index contributed by atoms with van der Waals surface area (Å²) in [6, 6.07) is 9.79. The van der Waals surface area contributed by atoms with E-state index in [1.165, 1.54) is 24.3 Å². The molecule has 2 N–H and O–H groups in total. The molecule has 0 radical (unpaired) electrons. The van der Waals surface area contributed by atoms with Crippen molar-refractivity contribution in [1.82, 2.24) is 5.32 Å². The Kier molecular flexibility index (Phi) is 6.00. The zero-order valence-corrected chi connectivity index (χ0v) is 16.9. The lowest BCUT2D eigenvalue weighted by Crippen LogP contribution is -2.54. The van der Waals surface area contributed by atoms with Crippen molar-refractivity contribution < 1.29 is 29.0 Å². The molecule has 0 bridgehead atoms. The van der Waals surface area contributed by atoms with E-state index in [1.54, 1.807) is 24.3 Å². The van der Waals surface area contributed by atoms with Crippen LogP contribution in [-0.2, 0) is 14.4 Å². The van der Waals surface area contributed by atoms with E-state index < -0.39 is 30.4 Å². The van der Waals surface area contributed by atoms with Gasteiger partial charge in [-0.2, -0.15) is 0 Å². The summed E-state index contributed by atoms with van der Waals surface area (Å²) in [5.41, 5.74) is 0.136. The zero-order valence-electron chi connectivity index (χ0n) is 14.5. The molecule has 1 aliphatic rings. The normalized spacial score (nSPS) is 15.4. The van der Waals surface area contributed by atoms with Gasteiger partial charge in [0, 0.05) is 15.1 Å². The number of amides is 4. The minimum Gasteiger partial charge on any atom is -0.481 e. The summed E-state index contributed by atoms with van der Waals surface area (Å²) >= 11 is 9.20. The number of carboxylic acid groups (broad SMARTS) is 1. The van der Waals surface area contributed by atoms with Crippen LogP contribution in [0.15, 0.2) is 52.5 Å². The van der Waals surface area contributed by atoms with Crippen molar-refractivity contribution in [3.63, 3.8) is 0 Å². The molecule has 2 aromatic rings. The van der Waals surface area contributed by atoms with Crippen LogP contribution in [0.5, 0.6) is 5.75 Å². The van der Waals surface area contributed by atoms with Gasteiger partial charge in [-0.25, -0.2) is 14.5 Å². The van der Waals surface area contributed by atoms with Gasteiger partial charge in [0.2, 0.25) is 0 Å². The number of barbiturate groups is 1. The first-order valence-electron chi connectivity index (χ1n) is 8.07. The average molecular weight is 480 g/mol. The molecule has 0 spiro atoms. The molecule has 1 heterocycles. The fourth-order valence-corrected chi connectivity index (χ4v) is 3.13. The fraction of sp³-hybridized carbons (Fsp3) is 0.0526. The summed E-state index contributed by atoms with van der Waals surface area (Å²) in [6.45, 7) is -0.606. The van der Waals surface area contributed by atoms with Gasteiger partial charge in [0.15, 0.2) is 6.61 Å². The largest absolute Gasteiger partial charge is 0.481 e. The van der Waals surface area contributed by atoms with E-state index in [0.717, 1.165) is 4.90 Å². The van der Waals surface area contributed by atoms with Crippen LogP contribution in [0.25, 0.3) is 6.08 Å². The predicted octanol–water partition coefficient (Wildman–Crippen LogP) is 3.23. The lowest BCUT2D eigenvalue weighted by molar-refractivity contribution is -0.139. The number of rotatable bonds is 5. The third kappa shape index (κ3) is 4.64. The molecule has 10 heteroatoms. The number of imide groups is 2. The van der Waals surface area contributed by atoms with E-state index in [0.29, 0.717) is 9.50 Å². The Balaban J connectivity index is 2.03. The van der Waals surface area contributed by atoms with Gasteiger partial charge < -0.3 is 9.84 Å². The third-order valence-corrected chi connectivity index (χ3v) is 4.52. The number of hydrogen-bond donors (Lipinski definition) is 2. The van der Waals surface area contributed by atoms with Gasteiger partial charge in [0.25, 0.3) is 11.8 Å². The summed E-state index contributed by atoms with van der Waals surface area (Å²) in [5.74, 6) is -2.78. The summed E-state index contributed by atoms with van der Waals surface area (Å²) in [7, 11) is 0. The Morgan fingerprint density at radius 2 is 1.97 bits per heavy atom. The number of hydrogen-bond acceptors (Lipinski definition) is 5. The van der Waals surface area contributed by atoms with Gasteiger partial charge >= 0.3 is 12.0 Å². The average Bonchev–Trinajstić information content (AvgIpc) is 2.64. The fourth-order valence-electron chi connectivity index (χ4n) is 2.57. The van der Waals surface area contributed by atoms with Gasteiger partial charge in [-0.1, -0.05) is 33.6 Å². The number of nitrogens with one attached hydrogen (secondary N) is 1. The molecule has 29 heavy (non-hydrogen) atoms. The van der Waals surface area contributed by atoms with Crippen molar-refractivity contribution >= 4 is 63.1 Å². The van der Waals surface area contributed by atoms with E-state index >= 15 is 0 Å². The minimum absolute atomic E-state index is 0.148. The van der Waals surface area contributed by atoms with Crippen LogP contribution in [0.4, 0.5) is 10.5 Å². The van der Waals surface area contributed by atoms with Gasteiger partial charge in [-0.15, -0.1) is 0 Å². The number of aliphatic carboxylic acids is 1. The van der Waals surface area contributed by atoms with Crippen LogP contribution < -0.4 is 15.0 Å². The van der Waals surface area contributed by atoms with Crippen molar-refractivity contribution in [2.45, 2.75) is 0 Å². The number of anilines is 1. The number of carboxylic acids is 1. The number of ether oxygens (including phenoxy) is 1. The van der Waals surface area contributed by atoms with Gasteiger partial charge in [0.1, 0.15) is 11.3 Å². The molecule has 8 nitrogen and oxygen atoms in total. The minimum atomic E-state index is -1.18. The summed E-state index contributed by atoms with van der Waals surface area (Å²) in [6.07, 6.45) is 1.23. The van der Waals surface area contributed by atoms with Crippen molar-refractivity contribution in [3.05, 3.63) is 63.1 Å². The Bertz CT molecular complexity index is 1070. The molecule has 148 valence electrons. The molecule has 0 saturated carbocycles. The molecule has 1 fully saturated rings. The first kappa shape index (κ1) is 20.6. The van der Waals surface area contributed by atoms with E-state index in [9.17, 15) is 19.2 Å². The maximum absolute atomic E-state index is 12.9. The zero-order chi connectivity index (χ0) is 21.1. The highest BCUT2D eigenvalue weighted by Crippen LogP contribution is 2.28. The smallest absolute Gasteiger partial charge is 0.341 e. The van der Waals surface area contributed by atoms with Crippen molar-refractivity contribution in [2.24, 2.45) is 0 Å². The van der Waals surface area contributed by atoms with Crippen LogP contribution in [0.3, 0.4) is 0 Å². The molecular formula is C19H12BrClN2O6. The van der Waals surface area contributed by atoms with Gasteiger partial charge in [0.05, 0.1) is 5.69 Å². The first-order chi connectivity index (χ1) is 13.8. The number of carbonyl (C=O) groups is 4. The maximum atomic E-state index is 12.9. The Hall–Kier alpha value is -3.17. The SMILES string of the molecule is O=C(O)COc1ccc(Br)cc1/C=C1\C(=O)NC(=O)N(c2cccc(Cl)c2)C1=O. The highest BCUT2D eigenvalue weighted by atomic mass is 79.9. The Labute approximate surface area is 177 Å². The van der Waals surface area contributed by atoms with E-state index in [1.807, 2.05) is 0 Å². The maximum Gasteiger partial charge on any atom is 0.341 e. The number of urea groups is 1. The third-order valence-electron chi connectivity index (χ3n) is 3.79. The number of halogens is 2. The van der Waals surface area contributed by atoms with E-state index in [-0.39, 0.29) is 22.6 Å². The predicted molar refractivity (Wildman–Crippen MR) is 108 cm³/mol. The molecule has 4 amide bonds. The summed E-state index contributed by atoms with van der Waals surface area (Å²) in [4.78, 5) is 49.0. The highest BCUT2D eigenvalue weighted by molar-refractivity contribution is 9.10. The van der Waals surface area contributed by atoms with Crippen molar-refractivity contribution in [2.75, 3.05) is 11.5 Å². The standard InChI is InChI=1S/C19H12BrClN2O6/c20-11-4-5-15(29-9-16(24)25)10(6-11)7-14-17(26)22-19(28)23(18(14)27)13-3-1-2-12(21)8-13/h1-8H,9H2,(H,24,25)(H,22,26,28)/b14-7+. The molecular weight excluding hydrogens is 468 g/mol. The van der Waals surface area contributed by atoms with Crippen LogP contribution in [0, 0.1) is 0 Å². The first-order valence-corrected chi connectivity index (χ1v) is 9.24. The Morgan fingerprint density at radius 1 is 1.21 bits per heavy atom. The molecule has 0 unspecified atom stereocenters. The van der Waals surface area contributed by atoms with Crippen LogP contribution in [-0.4, -0.2) is 35.5 Å². The number of nitrogens with zero attached hydrogens (tertiary/aromatic N) is 1. The summed E-state index contributed by atoms with van der Waals surface area (Å²) < 4.78 is 5.82. The Morgan fingerprint density at radius 3 is 2.66 bits per heavy atom. The second kappa shape index (κ2) is 8.46. The highest BCUT2D eigenvalue weighted by Gasteiger charge is 2.37. The van der Waals surface area contributed by atoms with Crippen LogP contribution in [0.2, 0.25) is 5.02 Å². The number of benzene rings is 2.